The number of carbonyl (C=O) groups is 2. The average Bonchev–Trinajstić information content (AvgIpc) is 3.29. The van der Waals surface area contributed by atoms with Gasteiger partial charge in [0.05, 0.1) is 17.7 Å². The molecule has 1 amide bonds. The summed E-state index contributed by atoms with van der Waals surface area (Å²) in [5, 5.41) is 2.78. The van der Waals surface area contributed by atoms with E-state index in [1.165, 1.54) is 17.6 Å². The molecule has 2 aromatic heterocycles. The molecule has 25 heavy (non-hydrogen) atoms. The van der Waals surface area contributed by atoms with Gasteiger partial charge in [-0.2, -0.15) is 0 Å². The predicted molar refractivity (Wildman–Crippen MR) is 95.0 cm³/mol. The fourth-order valence-corrected chi connectivity index (χ4v) is 3.11. The quantitative estimate of drug-likeness (QED) is 0.658. The molecule has 0 unspecified atom stereocenters. The number of amides is 1. The average molecular weight is 355 g/mol. The minimum absolute atomic E-state index is 0.0486. The van der Waals surface area contributed by atoms with Crippen molar-refractivity contribution in [2.24, 2.45) is 0 Å². The van der Waals surface area contributed by atoms with Crippen LogP contribution in [0.2, 0.25) is 0 Å². The summed E-state index contributed by atoms with van der Waals surface area (Å²) >= 11 is 1.33. The maximum atomic E-state index is 12.2. The van der Waals surface area contributed by atoms with Crippen molar-refractivity contribution in [1.29, 1.82) is 0 Å². The highest BCUT2D eigenvalue weighted by molar-refractivity contribution is 7.14. The van der Waals surface area contributed by atoms with Gasteiger partial charge in [-0.1, -0.05) is 12.1 Å². The van der Waals surface area contributed by atoms with E-state index in [1.807, 2.05) is 37.3 Å². The second-order valence-corrected chi connectivity index (χ2v) is 6.62. The third-order valence-electron chi connectivity index (χ3n) is 3.45. The first-order valence-electron chi connectivity index (χ1n) is 7.75. The smallest absolute Gasteiger partial charge is 0.258 e. The lowest BCUT2D eigenvalue weighted by molar-refractivity contribution is -0.123. The van der Waals surface area contributed by atoms with E-state index in [0.717, 1.165) is 10.4 Å². The number of ketones is 1. The Bertz CT molecular complexity index is 867. The number of thiophene rings is 1. The Labute approximate surface area is 149 Å². The van der Waals surface area contributed by atoms with Gasteiger partial charge in [-0.25, -0.2) is 0 Å². The summed E-state index contributed by atoms with van der Waals surface area (Å²) in [5.41, 5.74) is 1.07. The molecule has 6 heteroatoms. The predicted octanol–water partition coefficient (Wildman–Crippen LogP) is 3.58. The Morgan fingerprint density at radius 2 is 2.04 bits per heavy atom. The molecule has 0 spiro atoms. The van der Waals surface area contributed by atoms with Gasteiger partial charge < -0.3 is 14.5 Å². The van der Waals surface area contributed by atoms with Crippen molar-refractivity contribution in [1.82, 2.24) is 5.32 Å². The third-order valence-corrected chi connectivity index (χ3v) is 4.53. The first-order chi connectivity index (χ1) is 12.1. The van der Waals surface area contributed by atoms with Gasteiger partial charge in [-0.05, 0) is 48.9 Å². The summed E-state index contributed by atoms with van der Waals surface area (Å²) in [4.78, 5) is 25.5. The van der Waals surface area contributed by atoms with E-state index in [-0.39, 0.29) is 18.3 Å². The molecule has 3 rings (SSSR count). The van der Waals surface area contributed by atoms with Crippen LogP contribution in [0, 0.1) is 6.92 Å². The SMILES string of the molecule is Cc1cccc(OCC(=O)NCc2ccc(C(=O)c3ccco3)s2)c1. The molecule has 5 nitrogen and oxygen atoms in total. The highest BCUT2D eigenvalue weighted by Crippen LogP contribution is 2.20. The van der Waals surface area contributed by atoms with Crippen LogP contribution in [0.5, 0.6) is 5.75 Å². The van der Waals surface area contributed by atoms with Crippen LogP contribution in [0.15, 0.2) is 59.2 Å². The molecular formula is C19H17NO4S. The highest BCUT2D eigenvalue weighted by Gasteiger charge is 2.14. The molecule has 128 valence electrons. The van der Waals surface area contributed by atoms with Crippen molar-refractivity contribution in [3.05, 3.63) is 75.9 Å². The second kappa shape index (κ2) is 7.81. The Morgan fingerprint density at radius 1 is 1.16 bits per heavy atom. The highest BCUT2D eigenvalue weighted by atomic mass is 32.1. The van der Waals surface area contributed by atoms with E-state index < -0.39 is 0 Å². The first-order valence-corrected chi connectivity index (χ1v) is 8.56. The molecule has 3 aromatic rings. The zero-order chi connectivity index (χ0) is 17.6. The van der Waals surface area contributed by atoms with Crippen LogP contribution >= 0.6 is 11.3 Å². The minimum atomic E-state index is -0.214. The standard InChI is InChI=1S/C19H17NO4S/c1-13-4-2-5-14(10-13)24-12-18(21)20-11-15-7-8-17(25-15)19(22)16-6-3-9-23-16/h2-10H,11-12H2,1H3,(H,20,21). The van der Waals surface area contributed by atoms with Gasteiger partial charge >= 0.3 is 0 Å². The van der Waals surface area contributed by atoms with Crippen molar-refractivity contribution in [3.8, 4) is 5.75 Å². The largest absolute Gasteiger partial charge is 0.484 e. The number of hydrogen-bond acceptors (Lipinski definition) is 5. The van der Waals surface area contributed by atoms with E-state index >= 15 is 0 Å². The van der Waals surface area contributed by atoms with Crippen molar-refractivity contribution >= 4 is 23.0 Å². The van der Waals surface area contributed by atoms with Gasteiger partial charge in [0.1, 0.15) is 5.75 Å². The van der Waals surface area contributed by atoms with E-state index in [4.69, 9.17) is 9.15 Å². The summed E-state index contributed by atoms with van der Waals surface area (Å²) in [5.74, 6) is 0.603. The van der Waals surface area contributed by atoms with Crippen molar-refractivity contribution in [3.63, 3.8) is 0 Å². The number of rotatable bonds is 7. The molecule has 1 aromatic carbocycles. The minimum Gasteiger partial charge on any atom is -0.484 e. The van der Waals surface area contributed by atoms with Crippen molar-refractivity contribution in [2.75, 3.05) is 6.61 Å². The van der Waals surface area contributed by atoms with Gasteiger partial charge in [0, 0.05) is 4.88 Å². The zero-order valence-corrected chi connectivity index (χ0v) is 14.5. The molecule has 0 aliphatic heterocycles. The topological polar surface area (TPSA) is 68.5 Å². The molecule has 0 saturated carbocycles. The molecule has 2 heterocycles. The van der Waals surface area contributed by atoms with Crippen LogP contribution in [-0.2, 0) is 11.3 Å². The van der Waals surface area contributed by atoms with Gasteiger partial charge in [0.15, 0.2) is 12.4 Å². The van der Waals surface area contributed by atoms with Gasteiger partial charge in [0.2, 0.25) is 5.78 Å². The van der Waals surface area contributed by atoms with E-state index in [1.54, 1.807) is 18.2 Å². The first kappa shape index (κ1) is 17.0. The van der Waals surface area contributed by atoms with Crippen LogP contribution in [-0.4, -0.2) is 18.3 Å². The molecule has 0 aliphatic rings. The Hall–Kier alpha value is -2.86. The number of carbonyl (C=O) groups excluding carboxylic acids is 2. The van der Waals surface area contributed by atoms with Crippen LogP contribution in [0.25, 0.3) is 0 Å². The number of benzene rings is 1. The fraction of sp³-hybridized carbons (Fsp3) is 0.158. The molecule has 1 N–H and O–H groups in total. The molecular weight excluding hydrogens is 338 g/mol. The van der Waals surface area contributed by atoms with Gasteiger partial charge in [-0.15, -0.1) is 11.3 Å². The lowest BCUT2D eigenvalue weighted by Gasteiger charge is -2.07. The summed E-state index contributed by atoms with van der Waals surface area (Å²) in [6, 6.07) is 14.4. The molecule has 0 aliphatic carbocycles. The van der Waals surface area contributed by atoms with Gasteiger partial charge in [-0.3, -0.25) is 9.59 Å². The lowest BCUT2D eigenvalue weighted by Crippen LogP contribution is -2.28. The van der Waals surface area contributed by atoms with Gasteiger partial charge in [0.25, 0.3) is 5.91 Å². The number of nitrogens with one attached hydrogen (secondary N) is 1. The van der Waals surface area contributed by atoms with Crippen LogP contribution in [0.1, 0.15) is 25.9 Å². The molecule has 0 bridgehead atoms. The fourth-order valence-electron chi connectivity index (χ4n) is 2.21. The molecule has 0 radical (unpaired) electrons. The summed E-state index contributed by atoms with van der Waals surface area (Å²) in [6.07, 6.45) is 1.47. The number of furan rings is 1. The van der Waals surface area contributed by atoms with Crippen LogP contribution in [0.3, 0.4) is 0 Å². The zero-order valence-electron chi connectivity index (χ0n) is 13.7. The summed E-state index contributed by atoms with van der Waals surface area (Å²) in [7, 11) is 0. The van der Waals surface area contributed by atoms with Crippen LogP contribution < -0.4 is 10.1 Å². The Balaban J connectivity index is 1.48. The van der Waals surface area contributed by atoms with Crippen molar-refractivity contribution < 1.29 is 18.7 Å². The normalized spacial score (nSPS) is 10.4. The molecule has 0 fully saturated rings. The lowest BCUT2D eigenvalue weighted by atomic mass is 10.2. The van der Waals surface area contributed by atoms with E-state index in [2.05, 4.69) is 5.32 Å². The monoisotopic (exact) mass is 355 g/mol. The number of aryl methyl sites for hydroxylation is 1. The van der Waals surface area contributed by atoms with Crippen molar-refractivity contribution in [2.45, 2.75) is 13.5 Å². The maximum Gasteiger partial charge on any atom is 0.258 e. The number of ether oxygens (including phenoxy) is 1. The second-order valence-electron chi connectivity index (χ2n) is 5.45. The van der Waals surface area contributed by atoms with Crippen LogP contribution in [0.4, 0.5) is 0 Å². The third kappa shape index (κ3) is 4.58. The molecule has 0 atom stereocenters. The summed E-state index contributed by atoms with van der Waals surface area (Å²) in [6.45, 7) is 2.27. The van der Waals surface area contributed by atoms with E-state index in [9.17, 15) is 9.59 Å². The summed E-state index contributed by atoms with van der Waals surface area (Å²) < 4.78 is 10.6. The Morgan fingerprint density at radius 3 is 2.80 bits per heavy atom. The maximum absolute atomic E-state index is 12.2. The number of hydrogen-bond donors (Lipinski definition) is 1. The Kier molecular flexibility index (Phi) is 5.30. The molecule has 0 saturated heterocycles. The van der Waals surface area contributed by atoms with E-state index in [0.29, 0.717) is 22.9 Å².